The molecule has 0 amide bonds. The number of hydrogen-bond donors (Lipinski definition) is 3. The molecule has 90 valence electrons. The zero-order valence-corrected chi connectivity index (χ0v) is 8.76. The third-order valence-corrected chi connectivity index (χ3v) is 2.83. The standard InChI is InChI=1S/C9H11N5O3/c10-7-5-8(12-2-11-7)14(3-13-5)9-6(16)4(1-15)17-9/h2-4,6,9,15-16H,1H2,(H2,10,11,12)/t4-,6+,9+/m0/s1. The fourth-order valence-electron chi connectivity index (χ4n) is 1.87. The quantitative estimate of drug-likeness (QED) is 0.591. The van der Waals surface area contributed by atoms with E-state index in [1.54, 1.807) is 4.57 Å². The van der Waals surface area contributed by atoms with E-state index in [0.717, 1.165) is 0 Å². The molecule has 3 rings (SSSR count). The molecule has 0 unspecified atom stereocenters. The number of anilines is 1. The van der Waals surface area contributed by atoms with Crippen LogP contribution in [-0.2, 0) is 4.74 Å². The summed E-state index contributed by atoms with van der Waals surface area (Å²) >= 11 is 0. The van der Waals surface area contributed by atoms with Crippen LogP contribution in [0.2, 0.25) is 0 Å². The molecule has 0 saturated carbocycles. The number of imidazole rings is 1. The Morgan fingerprint density at radius 1 is 1.41 bits per heavy atom. The topological polar surface area (TPSA) is 119 Å². The summed E-state index contributed by atoms with van der Waals surface area (Å²) in [6.07, 6.45) is 0.874. The molecule has 8 heteroatoms. The minimum Gasteiger partial charge on any atom is -0.394 e. The number of nitrogen functional groups attached to an aromatic ring is 1. The van der Waals surface area contributed by atoms with Crippen molar-refractivity contribution in [3.63, 3.8) is 0 Å². The Kier molecular flexibility index (Phi) is 2.21. The van der Waals surface area contributed by atoms with Gasteiger partial charge in [0.2, 0.25) is 0 Å². The van der Waals surface area contributed by atoms with Crippen molar-refractivity contribution >= 4 is 17.0 Å². The predicted molar refractivity (Wildman–Crippen MR) is 56.7 cm³/mol. The predicted octanol–water partition coefficient (Wildman–Crippen LogP) is -1.34. The van der Waals surface area contributed by atoms with Gasteiger partial charge in [-0.05, 0) is 0 Å². The summed E-state index contributed by atoms with van der Waals surface area (Å²) in [7, 11) is 0. The van der Waals surface area contributed by atoms with Gasteiger partial charge in [0.1, 0.15) is 24.1 Å². The molecule has 0 aliphatic carbocycles. The lowest BCUT2D eigenvalue weighted by molar-refractivity contribution is -0.264. The molecule has 1 aliphatic rings. The van der Waals surface area contributed by atoms with Crippen molar-refractivity contribution in [1.82, 2.24) is 19.5 Å². The van der Waals surface area contributed by atoms with Gasteiger partial charge in [-0.25, -0.2) is 15.0 Å². The first-order valence-corrected chi connectivity index (χ1v) is 5.09. The van der Waals surface area contributed by atoms with E-state index in [9.17, 15) is 5.11 Å². The lowest BCUT2D eigenvalue weighted by Gasteiger charge is -2.40. The van der Waals surface area contributed by atoms with E-state index in [2.05, 4.69) is 15.0 Å². The lowest BCUT2D eigenvalue weighted by Crippen LogP contribution is -2.52. The molecule has 0 bridgehead atoms. The molecule has 4 N–H and O–H groups in total. The maximum Gasteiger partial charge on any atom is 0.167 e. The summed E-state index contributed by atoms with van der Waals surface area (Å²) < 4.78 is 6.89. The van der Waals surface area contributed by atoms with Crippen LogP contribution in [0.15, 0.2) is 12.7 Å². The largest absolute Gasteiger partial charge is 0.394 e. The van der Waals surface area contributed by atoms with E-state index in [-0.39, 0.29) is 12.4 Å². The van der Waals surface area contributed by atoms with E-state index in [1.807, 2.05) is 0 Å². The summed E-state index contributed by atoms with van der Waals surface area (Å²) in [6, 6.07) is 0. The average Bonchev–Trinajstić information content (AvgIpc) is 2.73. The maximum atomic E-state index is 9.76. The Bertz CT molecular complexity index is 557. The highest BCUT2D eigenvalue weighted by atomic mass is 16.6. The lowest BCUT2D eigenvalue weighted by atomic mass is 10.1. The Labute approximate surface area is 95.7 Å². The zero-order valence-electron chi connectivity index (χ0n) is 8.76. The van der Waals surface area contributed by atoms with Crippen LogP contribution < -0.4 is 5.73 Å². The summed E-state index contributed by atoms with van der Waals surface area (Å²) in [5.41, 5.74) is 6.61. The second-order valence-corrected chi connectivity index (χ2v) is 3.82. The van der Waals surface area contributed by atoms with Gasteiger partial charge in [-0.2, -0.15) is 0 Å². The molecule has 8 nitrogen and oxygen atoms in total. The SMILES string of the molecule is Nc1ncnc2c1ncn2[C@@H]1O[C@@H](CO)[C@H]1O. The highest BCUT2D eigenvalue weighted by molar-refractivity contribution is 5.81. The van der Waals surface area contributed by atoms with Crippen molar-refractivity contribution in [3.05, 3.63) is 12.7 Å². The molecule has 17 heavy (non-hydrogen) atoms. The van der Waals surface area contributed by atoms with Gasteiger partial charge in [0, 0.05) is 0 Å². The van der Waals surface area contributed by atoms with Crippen molar-refractivity contribution in [2.45, 2.75) is 18.4 Å². The molecule has 3 atom stereocenters. The fourth-order valence-corrected chi connectivity index (χ4v) is 1.87. The monoisotopic (exact) mass is 237 g/mol. The first kappa shape index (κ1) is 10.4. The van der Waals surface area contributed by atoms with E-state index < -0.39 is 18.4 Å². The highest BCUT2D eigenvalue weighted by Crippen LogP contribution is 2.32. The Hall–Kier alpha value is -1.77. The molecule has 1 aliphatic heterocycles. The smallest absolute Gasteiger partial charge is 0.167 e. The van der Waals surface area contributed by atoms with Crippen LogP contribution in [0.5, 0.6) is 0 Å². The van der Waals surface area contributed by atoms with E-state index in [0.29, 0.717) is 11.2 Å². The Morgan fingerprint density at radius 3 is 2.94 bits per heavy atom. The maximum absolute atomic E-state index is 9.76. The van der Waals surface area contributed by atoms with E-state index in [4.69, 9.17) is 15.6 Å². The van der Waals surface area contributed by atoms with Crippen molar-refractivity contribution < 1.29 is 14.9 Å². The number of rotatable bonds is 2. The molecule has 0 radical (unpaired) electrons. The molecule has 0 spiro atoms. The third-order valence-electron chi connectivity index (χ3n) is 2.83. The van der Waals surface area contributed by atoms with Crippen molar-refractivity contribution in [2.24, 2.45) is 0 Å². The molecule has 1 saturated heterocycles. The minimum atomic E-state index is -0.784. The summed E-state index contributed by atoms with van der Waals surface area (Å²) in [5, 5.41) is 18.6. The number of nitrogens with two attached hydrogens (primary N) is 1. The normalized spacial score (nSPS) is 28.2. The number of fused-ring (bicyclic) bond motifs is 1. The number of ether oxygens (including phenoxy) is 1. The Morgan fingerprint density at radius 2 is 2.24 bits per heavy atom. The fraction of sp³-hybridized carbons (Fsp3) is 0.444. The van der Waals surface area contributed by atoms with Crippen LogP contribution in [0.25, 0.3) is 11.2 Å². The zero-order chi connectivity index (χ0) is 12.0. The summed E-state index contributed by atoms with van der Waals surface area (Å²) in [5.74, 6) is 0.279. The first-order chi connectivity index (χ1) is 8.22. The Balaban J connectivity index is 2.00. The van der Waals surface area contributed by atoms with Gasteiger partial charge < -0.3 is 20.7 Å². The minimum absolute atomic E-state index is 0.221. The van der Waals surface area contributed by atoms with Crippen LogP contribution in [0, 0.1) is 0 Å². The van der Waals surface area contributed by atoms with Gasteiger partial charge in [-0.15, -0.1) is 0 Å². The van der Waals surface area contributed by atoms with Crippen molar-refractivity contribution in [3.8, 4) is 0 Å². The van der Waals surface area contributed by atoms with Gasteiger partial charge in [0.15, 0.2) is 17.7 Å². The number of nitrogens with zero attached hydrogens (tertiary/aromatic N) is 4. The second-order valence-electron chi connectivity index (χ2n) is 3.82. The molecule has 1 fully saturated rings. The average molecular weight is 237 g/mol. The van der Waals surface area contributed by atoms with Gasteiger partial charge in [0.25, 0.3) is 0 Å². The summed E-state index contributed by atoms with van der Waals surface area (Å²) in [6.45, 7) is -0.221. The second kappa shape index (κ2) is 3.62. The molecule has 0 aromatic carbocycles. The molecular weight excluding hydrogens is 226 g/mol. The van der Waals surface area contributed by atoms with Crippen LogP contribution in [0.4, 0.5) is 5.82 Å². The van der Waals surface area contributed by atoms with Crippen LogP contribution in [-0.4, -0.2) is 48.5 Å². The van der Waals surface area contributed by atoms with Crippen LogP contribution in [0.1, 0.15) is 6.23 Å². The van der Waals surface area contributed by atoms with Gasteiger partial charge in [-0.3, -0.25) is 4.57 Å². The number of hydrogen-bond acceptors (Lipinski definition) is 7. The van der Waals surface area contributed by atoms with Gasteiger partial charge >= 0.3 is 0 Å². The molecule has 2 aromatic heterocycles. The third kappa shape index (κ3) is 1.38. The van der Waals surface area contributed by atoms with E-state index in [1.165, 1.54) is 12.7 Å². The van der Waals surface area contributed by atoms with Crippen LogP contribution >= 0.6 is 0 Å². The molecule has 2 aromatic rings. The van der Waals surface area contributed by atoms with Crippen molar-refractivity contribution in [1.29, 1.82) is 0 Å². The van der Waals surface area contributed by atoms with E-state index >= 15 is 0 Å². The number of aliphatic hydroxyl groups excluding tert-OH is 2. The van der Waals surface area contributed by atoms with Gasteiger partial charge in [-0.1, -0.05) is 0 Å². The van der Waals surface area contributed by atoms with Crippen LogP contribution in [0.3, 0.4) is 0 Å². The molecule has 3 heterocycles. The molecular formula is C9H11N5O3. The first-order valence-electron chi connectivity index (χ1n) is 5.09. The number of aromatic nitrogens is 4. The number of aliphatic hydroxyl groups is 2. The van der Waals surface area contributed by atoms with Crippen molar-refractivity contribution in [2.75, 3.05) is 12.3 Å². The summed E-state index contributed by atoms with van der Waals surface area (Å²) in [4.78, 5) is 11.9. The van der Waals surface area contributed by atoms with Gasteiger partial charge in [0.05, 0.1) is 12.9 Å². The highest BCUT2D eigenvalue weighted by Gasteiger charge is 2.42.